The lowest BCUT2D eigenvalue weighted by molar-refractivity contribution is -0.155. The molecule has 0 amide bonds. The molecule has 1 N–H and O–H groups in total. The first-order valence-electron chi connectivity index (χ1n) is 6.00. The second-order valence-corrected chi connectivity index (χ2v) is 5.15. The number of carbonyl (C=O) groups is 1. The molecule has 0 unspecified atom stereocenters. The lowest BCUT2D eigenvalue weighted by Crippen LogP contribution is -2.44. The molecule has 1 aliphatic heterocycles. The predicted molar refractivity (Wildman–Crippen MR) is 65.8 cm³/mol. The molecule has 0 saturated carbocycles. The number of benzene rings is 1. The molecule has 1 heterocycles. The van der Waals surface area contributed by atoms with Gasteiger partial charge >= 0.3 is 5.97 Å². The van der Waals surface area contributed by atoms with Gasteiger partial charge in [-0.05, 0) is 39.7 Å². The molecule has 2 rings (SSSR count). The molecular formula is C14H17O4. The summed E-state index contributed by atoms with van der Waals surface area (Å²) in [6.07, 6.45) is 0.957. The standard InChI is InChI=1S/C14H17O4/c1-7-8(2)12-10(9(3)11(7)15)5-6-14(4,18-12)13(16)17/h5-6H2,1-4H3,(H,16,17)/t14-/m1/s1. The van der Waals surface area contributed by atoms with Crippen LogP contribution in [-0.2, 0) is 16.3 Å². The van der Waals surface area contributed by atoms with Gasteiger partial charge in [0.25, 0.3) is 0 Å². The summed E-state index contributed by atoms with van der Waals surface area (Å²) in [5, 5.41) is 21.2. The van der Waals surface area contributed by atoms with E-state index >= 15 is 0 Å². The third-order valence-electron chi connectivity index (χ3n) is 3.94. The maximum absolute atomic E-state index is 12.0. The number of carboxylic acid groups (broad SMARTS) is 1. The van der Waals surface area contributed by atoms with Crippen molar-refractivity contribution in [3.63, 3.8) is 0 Å². The lowest BCUT2D eigenvalue weighted by Gasteiger charge is -2.34. The summed E-state index contributed by atoms with van der Waals surface area (Å²) in [6, 6.07) is 0. The first-order chi connectivity index (χ1) is 8.28. The number of rotatable bonds is 1. The Morgan fingerprint density at radius 2 is 1.83 bits per heavy atom. The van der Waals surface area contributed by atoms with Gasteiger partial charge in [0.2, 0.25) is 5.60 Å². The van der Waals surface area contributed by atoms with Gasteiger partial charge in [0.1, 0.15) is 5.75 Å². The Kier molecular flexibility index (Phi) is 2.76. The van der Waals surface area contributed by atoms with Gasteiger partial charge in [0, 0.05) is 23.1 Å². The second-order valence-electron chi connectivity index (χ2n) is 5.15. The maximum Gasteiger partial charge on any atom is 0.347 e. The van der Waals surface area contributed by atoms with Crippen LogP contribution in [0.5, 0.6) is 11.5 Å². The highest BCUT2D eigenvalue weighted by atomic mass is 16.5. The van der Waals surface area contributed by atoms with Crippen LogP contribution in [0.15, 0.2) is 0 Å². The molecule has 4 nitrogen and oxygen atoms in total. The van der Waals surface area contributed by atoms with Crippen LogP contribution in [-0.4, -0.2) is 16.7 Å². The van der Waals surface area contributed by atoms with Gasteiger partial charge in [-0.1, -0.05) is 0 Å². The maximum atomic E-state index is 12.0. The highest BCUT2D eigenvalue weighted by Gasteiger charge is 2.40. The Morgan fingerprint density at radius 3 is 2.39 bits per heavy atom. The lowest BCUT2D eigenvalue weighted by atomic mass is 9.87. The zero-order chi connectivity index (χ0) is 13.7. The Bertz CT molecular complexity index is 533. The smallest absolute Gasteiger partial charge is 0.347 e. The fraction of sp³-hybridized carbons (Fsp3) is 0.500. The topological polar surface area (TPSA) is 66.4 Å². The summed E-state index contributed by atoms with van der Waals surface area (Å²) < 4.78 is 5.69. The van der Waals surface area contributed by atoms with E-state index in [4.69, 9.17) is 4.74 Å². The van der Waals surface area contributed by atoms with Crippen LogP contribution in [0.2, 0.25) is 0 Å². The molecule has 97 valence electrons. The molecule has 0 fully saturated rings. The summed E-state index contributed by atoms with van der Waals surface area (Å²) in [5.74, 6) is -0.344. The van der Waals surface area contributed by atoms with Crippen LogP contribution in [0.25, 0.3) is 0 Å². The van der Waals surface area contributed by atoms with Gasteiger partial charge in [-0.25, -0.2) is 4.79 Å². The minimum absolute atomic E-state index is 0.0359. The van der Waals surface area contributed by atoms with Crippen LogP contribution in [0.1, 0.15) is 35.6 Å². The number of aliphatic carboxylic acids is 1. The van der Waals surface area contributed by atoms with E-state index < -0.39 is 11.6 Å². The molecule has 0 aliphatic carbocycles. The Balaban J connectivity index is 2.61. The van der Waals surface area contributed by atoms with Crippen molar-refractivity contribution < 1.29 is 19.7 Å². The van der Waals surface area contributed by atoms with Crippen molar-refractivity contribution in [2.45, 2.75) is 46.1 Å². The van der Waals surface area contributed by atoms with E-state index in [0.29, 0.717) is 29.7 Å². The first kappa shape index (κ1) is 12.7. The third kappa shape index (κ3) is 1.64. The van der Waals surface area contributed by atoms with Crippen molar-refractivity contribution in [3.05, 3.63) is 22.3 Å². The summed E-state index contributed by atoms with van der Waals surface area (Å²) in [4.78, 5) is 11.2. The third-order valence-corrected chi connectivity index (χ3v) is 3.94. The zero-order valence-corrected chi connectivity index (χ0v) is 11.1. The van der Waals surface area contributed by atoms with E-state index in [9.17, 15) is 15.0 Å². The number of ether oxygens (including phenoxy) is 1. The largest absolute Gasteiger partial charge is 0.478 e. The van der Waals surface area contributed by atoms with E-state index in [1.165, 1.54) is 0 Å². The average molecular weight is 249 g/mol. The van der Waals surface area contributed by atoms with Crippen LogP contribution in [0.3, 0.4) is 0 Å². The Hall–Kier alpha value is -1.71. The highest BCUT2D eigenvalue weighted by molar-refractivity contribution is 5.78. The number of hydrogen-bond donors (Lipinski definition) is 1. The van der Waals surface area contributed by atoms with E-state index in [1.54, 1.807) is 20.8 Å². The SMILES string of the molecule is Cc1c(C)c2c(c(C)c1[O])CC[C@](C)(C(=O)O)O2. The van der Waals surface area contributed by atoms with E-state index in [-0.39, 0.29) is 5.75 Å². The monoisotopic (exact) mass is 249 g/mol. The van der Waals surface area contributed by atoms with Crippen molar-refractivity contribution in [2.75, 3.05) is 0 Å². The molecule has 0 saturated heterocycles. The van der Waals surface area contributed by atoms with Crippen LogP contribution in [0, 0.1) is 20.8 Å². The van der Waals surface area contributed by atoms with Gasteiger partial charge in [-0.2, -0.15) is 0 Å². The number of hydrogen-bond acceptors (Lipinski definition) is 2. The summed E-state index contributed by atoms with van der Waals surface area (Å²) >= 11 is 0. The minimum Gasteiger partial charge on any atom is -0.478 e. The summed E-state index contributed by atoms with van der Waals surface area (Å²) in [6.45, 7) is 6.91. The van der Waals surface area contributed by atoms with Crippen molar-refractivity contribution in [1.82, 2.24) is 0 Å². The fourth-order valence-corrected chi connectivity index (χ4v) is 2.39. The molecule has 0 spiro atoms. The molecular weight excluding hydrogens is 232 g/mol. The molecule has 1 aliphatic rings. The zero-order valence-electron chi connectivity index (χ0n) is 11.1. The second kappa shape index (κ2) is 3.90. The Labute approximate surface area is 106 Å². The van der Waals surface area contributed by atoms with E-state index in [1.807, 2.05) is 6.92 Å². The van der Waals surface area contributed by atoms with Crippen LogP contribution >= 0.6 is 0 Å². The fourth-order valence-electron chi connectivity index (χ4n) is 2.39. The summed E-state index contributed by atoms with van der Waals surface area (Å²) in [7, 11) is 0. The predicted octanol–water partition coefficient (Wildman–Crippen LogP) is 2.92. The number of carboxylic acids is 1. The van der Waals surface area contributed by atoms with Gasteiger partial charge < -0.3 is 9.84 Å². The number of fused-ring (bicyclic) bond motifs is 1. The van der Waals surface area contributed by atoms with Crippen molar-refractivity contribution in [1.29, 1.82) is 0 Å². The van der Waals surface area contributed by atoms with Crippen LogP contribution in [0.4, 0.5) is 0 Å². The molecule has 1 atom stereocenters. The Morgan fingerprint density at radius 1 is 1.22 bits per heavy atom. The highest BCUT2D eigenvalue weighted by Crippen LogP contribution is 2.43. The van der Waals surface area contributed by atoms with Gasteiger partial charge in [-0.3, -0.25) is 5.11 Å². The van der Waals surface area contributed by atoms with Crippen molar-refractivity contribution in [3.8, 4) is 11.5 Å². The average Bonchev–Trinajstić information content (AvgIpc) is 2.33. The quantitative estimate of drug-likeness (QED) is 0.832. The minimum atomic E-state index is -1.19. The molecule has 1 aromatic carbocycles. The normalized spacial score (nSPS) is 22.2. The van der Waals surface area contributed by atoms with Crippen LogP contribution < -0.4 is 4.74 Å². The molecule has 1 radical (unpaired) electrons. The van der Waals surface area contributed by atoms with E-state index in [0.717, 1.165) is 11.1 Å². The van der Waals surface area contributed by atoms with Gasteiger partial charge in [0.15, 0.2) is 5.75 Å². The van der Waals surface area contributed by atoms with Crippen molar-refractivity contribution in [2.24, 2.45) is 0 Å². The molecule has 18 heavy (non-hydrogen) atoms. The summed E-state index contributed by atoms with van der Waals surface area (Å²) in [5.41, 5.74) is 1.75. The molecule has 0 bridgehead atoms. The van der Waals surface area contributed by atoms with Gasteiger partial charge in [-0.15, -0.1) is 0 Å². The first-order valence-corrected chi connectivity index (χ1v) is 6.00. The van der Waals surface area contributed by atoms with E-state index in [2.05, 4.69) is 0 Å². The molecule has 0 aromatic heterocycles. The molecule has 1 aromatic rings. The van der Waals surface area contributed by atoms with Crippen molar-refractivity contribution >= 4 is 5.97 Å². The molecule has 4 heteroatoms. The van der Waals surface area contributed by atoms with Gasteiger partial charge in [0.05, 0.1) is 0 Å².